The van der Waals surface area contributed by atoms with E-state index in [0.717, 1.165) is 49.1 Å². The third-order valence-corrected chi connectivity index (χ3v) is 4.56. The van der Waals surface area contributed by atoms with E-state index in [1.165, 1.54) is 11.3 Å². The number of aromatic nitrogens is 1. The van der Waals surface area contributed by atoms with Gasteiger partial charge in [0.2, 0.25) is 0 Å². The highest BCUT2D eigenvalue weighted by molar-refractivity contribution is 7.13. The average molecular weight is 309 g/mol. The quantitative estimate of drug-likeness (QED) is 0.947. The Hall–Kier alpha value is -1.30. The SMILES string of the molecule is Nc1nc(CN2CCN(c3ccccc3Cl)CC2)cs1. The lowest BCUT2D eigenvalue weighted by Crippen LogP contribution is -2.46. The second-order valence-electron chi connectivity index (χ2n) is 4.89. The van der Waals surface area contributed by atoms with Crippen molar-refractivity contribution in [1.29, 1.82) is 0 Å². The van der Waals surface area contributed by atoms with Gasteiger partial charge in [-0.05, 0) is 12.1 Å². The third-order valence-electron chi connectivity index (χ3n) is 3.52. The molecular weight excluding hydrogens is 292 g/mol. The highest BCUT2D eigenvalue weighted by Crippen LogP contribution is 2.26. The van der Waals surface area contributed by atoms with Crippen molar-refractivity contribution in [2.45, 2.75) is 6.54 Å². The van der Waals surface area contributed by atoms with Crippen molar-refractivity contribution >= 4 is 33.8 Å². The predicted octanol–water partition coefficient (Wildman–Crippen LogP) is 2.70. The van der Waals surface area contributed by atoms with E-state index in [1.54, 1.807) is 0 Å². The van der Waals surface area contributed by atoms with Crippen LogP contribution >= 0.6 is 22.9 Å². The van der Waals surface area contributed by atoms with Gasteiger partial charge in [0.25, 0.3) is 0 Å². The second kappa shape index (κ2) is 5.99. The van der Waals surface area contributed by atoms with Gasteiger partial charge in [-0.1, -0.05) is 23.7 Å². The molecule has 2 aromatic rings. The average Bonchev–Trinajstić information content (AvgIpc) is 2.86. The number of benzene rings is 1. The van der Waals surface area contributed by atoms with Crippen molar-refractivity contribution in [2.24, 2.45) is 0 Å². The zero-order chi connectivity index (χ0) is 13.9. The minimum atomic E-state index is 0.648. The largest absolute Gasteiger partial charge is 0.375 e. The normalized spacial score (nSPS) is 16.6. The Morgan fingerprint density at radius 2 is 1.95 bits per heavy atom. The molecule has 1 aromatic carbocycles. The molecular formula is C14H17ClN4S. The van der Waals surface area contributed by atoms with Gasteiger partial charge in [0, 0.05) is 38.1 Å². The molecule has 2 N–H and O–H groups in total. The maximum absolute atomic E-state index is 6.25. The number of anilines is 2. The van der Waals surface area contributed by atoms with E-state index in [9.17, 15) is 0 Å². The van der Waals surface area contributed by atoms with Crippen LogP contribution in [0.2, 0.25) is 5.02 Å². The first-order valence-corrected chi connectivity index (χ1v) is 7.90. The van der Waals surface area contributed by atoms with Crippen LogP contribution in [0.5, 0.6) is 0 Å². The summed E-state index contributed by atoms with van der Waals surface area (Å²) in [5, 5.41) is 3.51. The number of rotatable bonds is 3. The summed E-state index contributed by atoms with van der Waals surface area (Å²) >= 11 is 7.75. The van der Waals surface area contributed by atoms with E-state index in [-0.39, 0.29) is 0 Å². The van der Waals surface area contributed by atoms with E-state index >= 15 is 0 Å². The molecule has 0 aliphatic carbocycles. The van der Waals surface area contributed by atoms with Crippen LogP contribution < -0.4 is 10.6 Å². The van der Waals surface area contributed by atoms with Gasteiger partial charge >= 0.3 is 0 Å². The van der Waals surface area contributed by atoms with Crippen molar-refractivity contribution in [3.63, 3.8) is 0 Å². The Morgan fingerprint density at radius 1 is 1.20 bits per heavy atom. The Morgan fingerprint density at radius 3 is 2.60 bits per heavy atom. The Labute approximate surface area is 127 Å². The van der Waals surface area contributed by atoms with Crippen molar-refractivity contribution in [2.75, 3.05) is 36.8 Å². The second-order valence-corrected chi connectivity index (χ2v) is 6.19. The molecule has 1 aliphatic heterocycles. The fraction of sp³-hybridized carbons (Fsp3) is 0.357. The summed E-state index contributed by atoms with van der Waals surface area (Å²) in [5.74, 6) is 0. The Kier molecular flexibility index (Phi) is 4.10. The highest BCUT2D eigenvalue weighted by atomic mass is 35.5. The topological polar surface area (TPSA) is 45.4 Å². The van der Waals surface area contributed by atoms with Crippen molar-refractivity contribution in [3.8, 4) is 0 Å². The lowest BCUT2D eigenvalue weighted by atomic mass is 10.2. The van der Waals surface area contributed by atoms with Crippen LogP contribution in [0.1, 0.15) is 5.69 Å². The maximum Gasteiger partial charge on any atom is 0.180 e. The summed E-state index contributed by atoms with van der Waals surface area (Å²) < 4.78 is 0. The van der Waals surface area contributed by atoms with Crippen LogP contribution in [0.4, 0.5) is 10.8 Å². The lowest BCUT2D eigenvalue weighted by Gasteiger charge is -2.36. The van der Waals surface area contributed by atoms with E-state index in [1.807, 2.05) is 23.6 Å². The van der Waals surface area contributed by atoms with Crippen LogP contribution in [0.15, 0.2) is 29.6 Å². The van der Waals surface area contributed by atoms with Crippen LogP contribution in [0, 0.1) is 0 Å². The molecule has 2 heterocycles. The van der Waals surface area contributed by atoms with Crippen LogP contribution in [-0.2, 0) is 6.54 Å². The minimum Gasteiger partial charge on any atom is -0.375 e. The molecule has 1 aliphatic rings. The zero-order valence-corrected chi connectivity index (χ0v) is 12.7. The molecule has 1 fully saturated rings. The van der Waals surface area contributed by atoms with E-state index in [4.69, 9.17) is 17.3 Å². The predicted molar refractivity (Wildman–Crippen MR) is 85.5 cm³/mol. The van der Waals surface area contributed by atoms with Crippen LogP contribution in [-0.4, -0.2) is 36.1 Å². The number of piperazine rings is 1. The summed E-state index contributed by atoms with van der Waals surface area (Å²) in [7, 11) is 0. The summed E-state index contributed by atoms with van der Waals surface area (Å²) in [6.45, 7) is 4.89. The summed E-state index contributed by atoms with van der Waals surface area (Å²) in [5.41, 5.74) is 7.86. The number of nitrogens with zero attached hydrogens (tertiary/aromatic N) is 3. The zero-order valence-electron chi connectivity index (χ0n) is 11.1. The summed E-state index contributed by atoms with van der Waals surface area (Å²) in [6, 6.07) is 8.03. The van der Waals surface area contributed by atoms with E-state index in [2.05, 4.69) is 20.9 Å². The first kappa shape index (κ1) is 13.7. The molecule has 106 valence electrons. The number of thiazole rings is 1. The van der Waals surface area contributed by atoms with Crippen molar-refractivity contribution in [3.05, 3.63) is 40.4 Å². The van der Waals surface area contributed by atoms with Crippen LogP contribution in [0.25, 0.3) is 0 Å². The first-order chi connectivity index (χ1) is 9.72. The van der Waals surface area contributed by atoms with Gasteiger partial charge in [-0.15, -0.1) is 11.3 Å². The molecule has 0 amide bonds. The number of halogens is 1. The van der Waals surface area contributed by atoms with Gasteiger partial charge in [-0.2, -0.15) is 0 Å². The van der Waals surface area contributed by atoms with Gasteiger partial charge in [0.1, 0.15) is 0 Å². The van der Waals surface area contributed by atoms with Gasteiger partial charge in [0.05, 0.1) is 16.4 Å². The van der Waals surface area contributed by atoms with Gasteiger partial charge in [-0.3, -0.25) is 4.90 Å². The number of nitrogens with two attached hydrogens (primary N) is 1. The van der Waals surface area contributed by atoms with E-state index in [0.29, 0.717) is 5.13 Å². The molecule has 20 heavy (non-hydrogen) atoms. The third kappa shape index (κ3) is 3.06. The van der Waals surface area contributed by atoms with Crippen molar-refractivity contribution in [1.82, 2.24) is 9.88 Å². The van der Waals surface area contributed by atoms with Crippen molar-refractivity contribution < 1.29 is 0 Å². The molecule has 1 aromatic heterocycles. The number of hydrogen-bond donors (Lipinski definition) is 1. The van der Waals surface area contributed by atoms with Crippen LogP contribution in [0.3, 0.4) is 0 Å². The monoisotopic (exact) mass is 308 g/mol. The van der Waals surface area contributed by atoms with Gasteiger partial charge in [0.15, 0.2) is 5.13 Å². The molecule has 1 saturated heterocycles. The lowest BCUT2D eigenvalue weighted by molar-refractivity contribution is 0.247. The first-order valence-electron chi connectivity index (χ1n) is 6.64. The number of nitrogen functional groups attached to an aromatic ring is 1. The Balaban J connectivity index is 1.58. The highest BCUT2D eigenvalue weighted by Gasteiger charge is 2.19. The summed E-state index contributed by atoms with van der Waals surface area (Å²) in [6.07, 6.45) is 0. The maximum atomic E-state index is 6.25. The summed E-state index contributed by atoms with van der Waals surface area (Å²) in [4.78, 5) is 9.06. The molecule has 4 nitrogen and oxygen atoms in total. The fourth-order valence-corrected chi connectivity index (χ4v) is 3.29. The Bertz CT molecular complexity index is 578. The molecule has 3 rings (SSSR count). The number of hydrogen-bond acceptors (Lipinski definition) is 5. The molecule has 0 atom stereocenters. The molecule has 0 unspecified atom stereocenters. The standard InChI is InChI=1S/C14H17ClN4S/c15-12-3-1-2-4-13(12)19-7-5-18(6-8-19)9-11-10-20-14(16)17-11/h1-4,10H,5-9H2,(H2,16,17). The minimum absolute atomic E-state index is 0.648. The molecule has 0 saturated carbocycles. The van der Waals surface area contributed by atoms with Gasteiger partial charge in [-0.25, -0.2) is 4.98 Å². The molecule has 0 radical (unpaired) electrons. The van der Waals surface area contributed by atoms with E-state index < -0.39 is 0 Å². The smallest absolute Gasteiger partial charge is 0.180 e. The van der Waals surface area contributed by atoms with Gasteiger partial charge < -0.3 is 10.6 Å². The molecule has 0 spiro atoms. The molecule has 0 bridgehead atoms. The molecule has 6 heteroatoms. The number of para-hydroxylation sites is 1. The fourth-order valence-electron chi connectivity index (χ4n) is 2.48.